The zero-order valence-corrected chi connectivity index (χ0v) is 12.7. The van der Waals surface area contributed by atoms with E-state index in [4.69, 9.17) is 9.84 Å². The fraction of sp³-hybridized carbons (Fsp3) is 0.308. The van der Waals surface area contributed by atoms with E-state index in [-0.39, 0.29) is 23.1 Å². The zero-order chi connectivity index (χ0) is 15.6. The Balaban J connectivity index is 1.99. The molecule has 8 heteroatoms. The summed E-state index contributed by atoms with van der Waals surface area (Å²) >= 11 is 1.05. The molecular formula is C13H15N3O4S. The summed E-state index contributed by atoms with van der Waals surface area (Å²) in [5, 5.41) is 17.5. The van der Waals surface area contributed by atoms with Gasteiger partial charge in [-0.25, -0.2) is 4.79 Å². The van der Waals surface area contributed by atoms with Crippen LogP contribution in [0.4, 0.5) is 5.69 Å². The van der Waals surface area contributed by atoms with Gasteiger partial charge in [-0.2, -0.15) is 5.10 Å². The molecule has 0 fully saturated rings. The number of ether oxygens (including phenoxy) is 1. The fourth-order valence-corrected chi connectivity index (χ4v) is 2.51. The molecule has 0 atom stereocenters. The molecule has 0 saturated heterocycles. The largest absolute Gasteiger partial charge is 0.482 e. The number of thiophene rings is 1. The highest BCUT2D eigenvalue weighted by atomic mass is 32.1. The SMILES string of the molecule is Cc1nn(C)c(C)c1NC(=O)COc1ccsc1C(=O)O. The van der Waals surface area contributed by atoms with Crippen LogP contribution in [0.2, 0.25) is 0 Å². The number of amides is 1. The molecule has 112 valence electrons. The van der Waals surface area contributed by atoms with Crippen LogP contribution in [-0.2, 0) is 11.8 Å². The maximum Gasteiger partial charge on any atom is 0.349 e. The molecule has 2 aromatic rings. The standard InChI is InChI=1S/C13H15N3O4S/c1-7-11(8(2)16(3)15-7)14-10(17)6-20-9-4-5-21-12(9)13(18)19/h4-5H,6H2,1-3H3,(H,14,17)(H,18,19). The lowest BCUT2D eigenvalue weighted by Gasteiger charge is -2.07. The number of aromatic nitrogens is 2. The van der Waals surface area contributed by atoms with Gasteiger partial charge in [0.25, 0.3) is 5.91 Å². The van der Waals surface area contributed by atoms with Gasteiger partial charge in [0.15, 0.2) is 11.5 Å². The number of rotatable bonds is 5. The van der Waals surface area contributed by atoms with Gasteiger partial charge in [-0.3, -0.25) is 9.48 Å². The number of carbonyl (C=O) groups excluding carboxylic acids is 1. The van der Waals surface area contributed by atoms with Crippen molar-refractivity contribution in [1.82, 2.24) is 9.78 Å². The molecule has 0 aliphatic heterocycles. The van der Waals surface area contributed by atoms with Crippen LogP contribution >= 0.6 is 11.3 Å². The van der Waals surface area contributed by atoms with Gasteiger partial charge in [0.2, 0.25) is 0 Å². The van der Waals surface area contributed by atoms with Gasteiger partial charge in [-0.05, 0) is 25.3 Å². The molecule has 0 spiro atoms. The molecule has 0 unspecified atom stereocenters. The summed E-state index contributed by atoms with van der Waals surface area (Å²) in [6.07, 6.45) is 0. The van der Waals surface area contributed by atoms with Gasteiger partial charge in [-0.15, -0.1) is 11.3 Å². The molecule has 0 aliphatic carbocycles. The van der Waals surface area contributed by atoms with Crippen LogP contribution in [0.1, 0.15) is 21.1 Å². The number of nitrogens with one attached hydrogen (secondary N) is 1. The molecule has 0 saturated carbocycles. The topological polar surface area (TPSA) is 93.5 Å². The van der Waals surface area contributed by atoms with E-state index >= 15 is 0 Å². The Bertz CT molecular complexity index is 690. The van der Waals surface area contributed by atoms with Gasteiger partial charge in [0.1, 0.15) is 5.75 Å². The first kappa shape index (κ1) is 15.0. The number of nitrogens with zero attached hydrogens (tertiary/aromatic N) is 2. The minimum absolute atomic E-state index is 0.0801. The quantitative estimate of drug-likeness (QED) is 0.878. The lowest BCUT2D eigenvalue weighted by Crippen LogP contribution is -2.21. The number of carboxylic acid groups (broad SMARTS) is 1. The highest BCUT2D eigenvalue weighted by molar-refractivity contribution is 7.12. The zero-order valence-electron chi connectivity index (χ0n) is 11.8. The minimum atomic E-state index is -1.07. The number of aromatic carboxylic acids is 1. The van der Waals surface area contributed by atoms with E-state index in [0.717, 1.165) is 17.0 Å². The monoisotopic (exact) mass is 309 g/mol. The minimum Gasteiger partial charge on any atom is -0.482 e. The van der Waals surface area contributed by atoms with Crippen molar-refractivity contribution in [3.05, 3.63) is 27.7 Å². The number of anilines is 1. The number of carbonyl (C=O) groups is 2. The van der Waals surface area contributed by atoms with Crippen LogP contribution in [-0.4, -0.2) is 33.4 Å². The molecule has 21 heavy (non-hydrogen) atoms. The van der Waals surface area contributed by atoms with Crippen molar-refractivity contribution in [1.29, 1.82) is 0 Å². The molecule has 2 rings (SSSR count). The van der Waals surface area contributed by atoms with Gasteiger partial charge < -0.3 is 15.2 Å². The summed E-state index contributed by atoms with van der Waals surface area (Å²) in [7, 11) is 1.79. The average Bonchev–Trinajstić information content (AvgIpc) is 2.97. The molecule has 0 aromatic carbocycles. The van der Waals surface area contributed by atoms with Crippen LogP contribution < -0.4 is 10.1 Å². The Hall–Kier alpha value is -2.35. The maximum atomic E-state index is 11.9. The van der Waals surface area contributed by atoms with Crippen LogP contribution in [0.15, 0.2) is 11.4 Å². The molecule has 1 amide bonds. The number of aryl methyl sites for hydroxylation is 2. The lowest BCUT2D eigenvalue weighted by molar-refractivity contribution is -0.118. The molecule has 2 N–H and O–H groups in total. The first-order chi connectivity index (χ1) is 9.90. The van der Waals surface area contributed by atoms with E-state index in [0.29, 0.717) is 11.4 Å². The Kier molecular flexibility index (Phi) is 4.27. The van der Waals surface area contributed by atoms with E-state index < -0.39 is 5.97 Å². The third kappa shape index (κ3) is 3.22. The van der Waals surface area contributed by atoms with E-state index in [2.05, 4.69) is 10.4 Å². The molecule has 2 aromatic heterocycles. The van der Waals surface area contributed by atoms with Gasteiger partial charge in [0, 0.05) is 7.05 Å². The predicted molar refractivity (Wildman–Crippen MR) is 78.1 cm³/mol. The van der Waals surface area contributed by atoms with E-state index in [1.165, 1.54) is 6.07 Å². The Labute approximate surface area is 125 Å². The molecule has 0 radical (unpaired) electrons. The Morgan fingerprint density at radius 2 is 2.19 bits per heavy atom. The van der Waals surface area contributed by atoms with Gasteiger partial charge >= 0.3 is 5.97 Å². The predicted octanol–water partition coefficient (Wildman–Crippen LogP) is 1.81. The molecule has 0 aliphatic rings. The van der Waals surface area contributed by atoms with E-state index in [1.807, 2.05) is 6.92 Å². The van der Waals surface area contributed by atoms with E-state index in [9.17, 15) is 9.59 Å². The maximum absolute atomic E-state index is 11.9. The summed E-state index contributed by atoms with van der Waals surface area (Å²) in [6, 6.07) is 1.53. The van der Waals surface area contributed by atoms with Crippen molar-refractivity contribution < 1.29 is 19.4 Å². The Morgan fingerprint density at radius 3 is 2.76 bits per heavy atom. The van der Waals surface area contributed by atoms with Gasteiger partial charge in [0.05, 0.1) is 17.1 Å². The first-order valence-corrected chi connectivity index (χ1v) is 7.01. The third-order valence-corrected chi connectivity index (χ3v) is 3.84. The van der Waals surface area contributed by atoms with Crippen molar-refractivity contribution >= 4 is 28.9 Å². The average molecular weight is 309 g/mol. The molecule has 2 heterocycles. The first-order valence-electron chi connectivity index (χ1n) is 6.13. The summed E-state index contributed by atoms with van der Waals surface area (Å²) in [6.45, 7) is 3.38. The normalized spacial score (nSPS) is 10.4. The van der Waals surface area contributed by atoms with E-state index in [1.54, 1.807) is 24.0 Å². The third-order valence-electron chi connectivity index (χ3n) is 2.96. The second kappa shape index (κ2) is 5.96. The number of hydrogen-bond donors (Lipinski definition) is 2. The molecule has 0 bridgehead atoms. The van der Waals surface area contributed by atoms with Crippen molar-refractivity contribution in [2.45, 2.75) is 13.8 Å². The van der Waals surface area contributed by atoms with Crippen molar-refractivity contribution in [2.24, 2.45) is 7.05 Å². The smallest absolute Gasteiger partial charge is 0.349 e. The highest BCUT2D eigenvalue weighted by Gasteiger charge is 2.16. The van der Waals surface area contributed by atoms with Crippen LogP contribution in [0.3, 0.4) is 0 Å². The number of carboxylic acids is 1. The summed E-state index contributed by atoms with van der Waals surface area (Å²) in [5.41, 5.74) is 2.20. The second-order valence-electron chi connectivity index (χ2n) is 4.43. The Morgan fingerprint density at radius 1 is 1.48 bits per heavy atom. The van der Waals surface area contributed by atoms with Crippen LogP contribution in [0.5, 0.6) is 5.75 Å². The summed E-state index contributed by atoms with van der Waals surface area (Å²) in [4.78, 5) is 22.9. The summed E-state index contributed by atoms with van der Waals surface area (Å²) < 4.78 is 6.92. The fourth-order valence-electron chi connectivity index (χ4n) is 1.84. The van der Waals surface area contributed by atoms with Crippen molar-refractivity contribution in [2.75, 3.05) is 11.9 Å². The van der Waals surface area contributed by atoms with Crippen LogP contribution in [0, 0.1) is 13.8 Å². The second-order valence-corrected chi connectivity index (χ2v) is 5.34. The van der Waals surface area contributed by atoms with Crippen molar-refractivity contribution in [3.8, 4) is 5.75 Å². The number of hydrogen-bond acceptors (Lipinski definition) is 5. The van der Waals surface area contributed by atoms with Gasteiger partial charge in [-0.1, -0.05) is 0 Å². The molecular weight excluding hydrogens is 294 g/mol. The lowest BCUT2D eigenvalue weighted by atomic mass is 10.3. The highest BCUT2D eigenvalue weighted by Crippen LogP contribution is 2.24. The van der Waals surface area contributed by atoms with Crippen LogP contribution in [0.25, 0.3) is 0 Å². The van der Waals surface area contributed by atoms with Crippen molar-refractivity contribution in [3.63, 3.8) is 0 Å². The molecule has 7 nitrogen and oxygen atoms in total. The summed E-state index contributed by atoms with van der Waals surface area (Å²) in [5.74, 6) is -1.24.